The molecule has 0 atom stereocenters. The predicted octanol–water partition coefficient (Wildman–Crippen LogP) is 3.91. The molecule has 0 aliphatic rings. The van der Waals surface area contributed by atoms with Crippen LogP contribution in [0, 0.1) is 0 Å². The van der Waals surface area contributed by atoms with Gasteiger partial charge in [-0.3, -0.25) is 5.11 Å². The smallest absolute Gasteiger partial charge is 0.182 e. The van der Waals surface area contributed by atoms with Crippen LogP contribution in [0.25, 0.3) is 0 Å². The monoisotopic (exact) mass is 177 g/mol. The lowest BCUT2D eigenvalue weighted by atomic mass is 9.80. The lowest BCUT2D eigenvalue weighted by molar-refractivity contribution is 0.333. The van der Waals surface area contributed by atoms with Crippen LogP contribution in [0.4, 0.5) is 0 Å². The van der Waals surface area contributed by atoms with Crippen molar-refractivity contribution in [2.45, 2.75) is 39.0 Å². The molecule has 0 fully saturated rings. The van der Waals surface area contributed by atoms with Gasteiger partial charge in [0.2, 0.25) is 0 Å². The van der Waals surface area contributed by atoms with Crippen LogP contribution in [-0.2, 0) is 10.5 Å². The van der Waals surface area contributed by atoms with E-state index in [0.717, 1.165) is 18.4 Å². The van der Waals surface area contributed by atoms with Crippen molar-refractivity contribution in [2.75, 3.05) is 0 Å². The van der Waals surface area contributed by atoms with Crippen molar-refractivity contribution in [2.24, 2.45) is 0 Å². The highest BCUT2D eigenvalue weighted by Crippen LogP contribution is 2.34. The standard InChI is InChI=1S/C12H17O/c1-4-9-12(2,3)10-7-5-6-8-11(10)13/h5-8H,4,9H2,1-3H3. The molecule has 0 aliphatic carbocycles. The van der Waals surface area contributed by atoms with E-state index in [2.05, 4.69) is 20.8 Å². The fraction of sp³-hybridized carbons (Fsp3) is 0.500. The van der Waals surface area contributed by atoms with E-state index in [-0.39, 0.29) is 11.2 Å². The maximum atomic E-state index is 11.5. The van der Waals surface area contributed by atoms with Crippen molar-refractivity contribution in [3.05, 3.63) is 29.8 Å². The molecule has 0 bridgehead atoms. The molecule has 0 amide bonds. The maximum Gasteiger partial charge on any atom is 0.182 e. The molecule has 0 N–H and O–H groups in total. The zero-order valence-electron chi connectivity index (χ0n) is 8.63. The van der Waals surface area contributed by atoms with Gasteiger partial charge in [0.05, 0.1) is 0 Å². The molecule has 0 aromatic heterocycles. The van der Waals surface area contributed by atoms with E-state index < -0.39 is 0 Å². The molecule has 1 radical (unpaired) electrons. The summed E-state index contributed by atoms with van der Waals surface area (Å²) in [5.41, 5.74) is 0.962. The van der Waals surface area contributed by atoms with Crippen LogP contribution >= 0.6 is 0 Å². The molecule has 1 aromatic carbocycles. The first-order valence-corrected chi connectivity index (χ1v) is 4.84. The zero-order valence-corrected chi connectivity index (χ0v) is 8.63. The Balaban J connectivity index is 2.99. The van der Waals surface area contributed by atoms with Crippen LogP contribution in [0.3, 0.4) is 0 Å². The number of hydrogen-bond acceptors (Lipinski definition) is 0. The Labute approximate surface area is 80.4 Å². The summed E-state index contributed by atoms with van der Waals surface area (Å²) < 4.78 is 0. The summed E-state index contributed by atoms with van der Waals surface area (Å²) in [6, 6.07) is 7.33. The molecule has 1 nitrogen and oxygen atoms in total. The SMILES string of the molecule is CCCC(C)(C)c1ccccc1[O]. The summed E-state index contributed by atoms with van der Waals surface area (Å²) in [6.45, 7) is 6.41. The van der Waals surface area contributed by atoms with E-state index in [1.165, 1.54) is 0 Å². The summed E-state index contributed by atoms with van der Waals surface area (Å²) in [4.78, 5) is 0. The third kappa shape index (κ3) is 2.24. The van der Waals surface area contributed by atoms with Crippen LogP contribution in [-0.4, -0.2) is 0 Å². The first-order chi connectivity index (χ1) is 6.08. The number of benzene rings is 1. The second-order valence-electron chi connectivity index (χ2n) is 4.13. The van der Waals surface area contributed by atoms with Gasteiger partial charge in [0.1, 0.15) is 0 Å². The van der Waals surface area contributed by atoms with Crippen LogP contribution in [0.2, 0.25) is 0 Å². The Morgan fingerprint density at radius 1 is 1.23 bits per heavy atom. The third-order valence-electron chi connectivity index (χ3n) is 2.49. The largest absolute Gasteiger partial charge is 0.290 e. The van der Waals surface area contributed by atoms with E-state index >= 15 is 0 Å². The molecular weight excluding hydrogens is 160 g/mol. The van der Waals surface area contributed by atoms with Crippen LogP contribution in [0.15, 0.2) is 24.3 Å². The van der Waals surface area contributed by atoms with Gasteiger partial charge < -0.3 is 0 Å². The number of para-hydroxylation sites is 1. The van der Waals surface area contributed by atoms with Gasteiger partial charge in [0.15, 0.2) is 5.75 Å². The Bertz CT molecular complexity index is 276. The quantitative estimate of drug-likeness (QED) is 0.667. The average molecular weight is 177 g/mol. The van der Waals surface area contributed by atoms with Gasteiger partial charge in [-0.25, -0.2) is 0 Å². The van der Waals surface area contributed by atoms with Crippen molar-refractivity contribution >= 4 is 0 Å². The van der Waals surface area contributed by atoms with Gasteiger partial charge in [0.25, 0.3) is 0 Å². The van der Waals surface area contributed by atoms with Crippen molar-refractivity contribution in [3.63, 3.8) is 0 Å². The lowest BCUT2D eigenvalue weighted by Crippen LogP contribution is -2.16. The van der Waals surface area contributed by atoms with Crippen LogP contribution in [0.5, 0.6) is 5.75 Å². The molecule has 0 heterocycles. The second kappa shape index (κ2) is 3.82. The average Bonchev–Trinajstić information content (AvgIpc) is 2.04. The van der Waals surface area contributed by atoms with Crippen molar-refractivity contribution in [3.8, 4) is 5.75 Å². The minimum atomic E-state index is 0.0209. The highest BCUT2D eigenvalue weighted by atomic mass is 16.3. The fourth-order valence-electron chi connectivity index (χ4n) is 1.79. The van der Waals surface area contributed by atoms with E-state index in [1.807, 2.05) is 12.1 Å². The molecule has 1 aromatic rings. The molecular formula is C12H17O. The minimum Gasteiger partial charge on any atom is -0.290 e. The molecule has 0 saturated heterocycles. The molecule has 1 heteroatoms. The molecule has 71 valence electrons. The van der Waals surface area contributed by atoms with Gasteiger partial charge in [0, 0.05) is 5.56 Å². The van der Waals surface area contributed by atoms with Gasteiger partial charge in [-0.05, 0) is 17.9 Å². The Hall–Kier alpha value is -0.980. The Morgan fingerprint density at radius 2 is 1.85 bits per heavy atom. The molecule has 0 unspecified atom stereocenters. The van der Waals surface area contributed by atoms with E-state index in [4.69, 9.17) is 0 Å². The summed E-state index contributed by atoms with van der Waals surface area (Å²) >= 11 is 0. The van der Waals surface area contributed by atoms with Gasteiger partial charge in [-0.2, -0.15) is 0 Å². The van der Waals surface area contributed by atoms with E-state index in [9.17, 15) is 5.11 Å². The molecule has 0 aliphatic heterocycles. The van der Waals surface area contributed by atoms with E-state index in [1.54, 1.807) is 12.1 Å². The van der Waals surface area contributed by atoms with Gasteiger partial charge >= 0.3 is 0 Å². The molecule has 0 spiro atoms. The first kappa shape index (κ1) is 10.1. The zero-order chi connectivity index (χ0) is 9.90. The normalized spacial score (nSPS) is 11.6. The van der Waals surface area contributed by atoms with Gasteiger partial charge in [-0.15, -0.1) is 0 Å². The maximum absolute atomic E-state index is 11.5. The number of hydrogen-bond donors (Lipinski definition) is 0. The highest BCUT2D eigenvalue weighted by molar-refractivity contribution is 5.37. The molecule has 0 saturated carbocycles. The van der Waals surface area contributed by atoms with Crippen molar-refractivity contribution < 1.29 is 5.11 Å². The highest BCUT2D eigenvalue weighted by Gasteiger charge is 2.22. The molecule has 13 heavy (non-hydrogen) atoms. The third-order valence-corrected chi connectivity index (χ3v) is 2.49. The summed E-state index contributed by atoms with van der Waals surface area (Å²) in [5.74, 6) is 0.168. The van der Waals surface area contributed by atoms with Crippen molar-refractivity contribution in [1.29, 1.82) is 0 Å². The summed E-state index contributed by atoms with van der Waals surface area (Å²) in [6.07, 6.45) is 2.17. The summed E-state index contributed by atoms with van der Waals surface area (Å²) in [7, 11) is 0. The molecule has 1 rings (SSSR count). The summed E-state index contributed by atoms with van der Waals surface area (Å²) in [5, 5.41) is 11.5. The first-order valence-electron chi connectivity index (χ1n) is 4.84. The Kier molecular flexibility index (Phi) is 2.97. The van der Waals surface area contributed by atoms with Crippen LogP contribution in [0.1, 0.15) is 39.2 Å². The van der Waals surface area contributed by atoms with Crippen molar-refractivity contribution in [1.82, 2.24) is 0 Å². The second-order valence-corrected chi connectivity index (χ2v) is 4.13. The topological polar surface area (TPSA) is 19.9 Å². The lowest BCUT2D eigenvalue weighted by Gasteiger charge is -2.24. The van der Waals surface area contributed by atoms with Crippen LogP contribution < -0.4 is 0 Å². The minimum absolute atomic E-state index is 0.0209. The fourth-order valence-corrected chi connectivity index (χ4v) is 1.79. The van der Waals surface area contributed by atoms with Gasteiger partial charge in [-0.1, -0.05) is 45.4 Å². The Morgan fingerprint density at radius 3 is 2.38 bits per heavy atom. The number of rotatable bonds is 3. The van der Waals surface area contributed by atoms with E-state index in [0.29, 0.717) is 0 Å². The predicted molar refractivity (Wildman–Crippen MR) is 54.5 cm³/mol.